The molecule has 0 radical (unpaired) electrons. The molecule has 0 unspecified atom stereocenters. The number of nitrogen functional groups attached to an aromatic ring is 1. The molecule has 542 valence electrons. The molecule has 0 spiro atoms. The monoisotopic (exact) mass is 1630 g/mol. The van der Waals surface area contributed by atoms with Gasteiger partial charge in [0.25, 0.3) is 34.8 Å². The molecule has 3 aromatic heterocycles. The van der Waals surface area contributed by atoms with Gasteiger partial charge in [0.05, 0.1) is 53.9 Å². The number of carbonyl (C=O) groups is 5. The number of halogens is 13. The molecule has 20 nitrogen and oxygen atoms in total. The fourth-order valence-electron chi connectivity index (χ4n) is 8.91. The summed E-state index contributed by atoms with van der Waals surface area (Å²) in [6.07, 6.45) is -13.5. The number of ketones is 2. The number of alkyl halides is 10. The maximum atomic E-state index is 13.7. The molecule has 8 aromatic carbocycles. The van der Waals surface area contributed by atoms with Gasteiger partial charge in [0.15, 0.2) is 27.0 Å². The third-order valence-electron chi connectivity index (χ3n) is 13.9. The Kier molecular flexibility index (Phi) is 27.7. The maximum Gasteiger partial charge on any atom is 0.416 e. The molecule has 11 rings (SSSR count). The van der Waals surface area contributed by atoms with Gasteiger partial charge in [-0.3, -0.25) is 59.6 Å². The average molecular weight is 1630 g/mol. The molecule has 0 aliphatic rings. The summed E-state index contributed by atoms with van der Waals surface area (Å²) in [5.41, 5.74) is 4.57. The van der Waals surface area contributed by atoms with Crippen molar-refractivity contribution < 1.29 is 78.3 Å². The summed E-state index contributed by atoms with van der Waals surface area (Å²) < 4.78 is 116. The Morgan fingerprint density at radius 1 is 0.495 bits per heavy atom. The zero-order valence-corrected chi connectivity index (χ0v) is 59.8. The first kappa shape index (κ1) is 81.6. The molecule has 0 fully saturated rings. The van der Waals surface area contributed by atoms with E-state index in [0.717, 1.165) is 125 Å². The standard InChI is InChI=1S/C24H11Cl2F3N4O6S.C17H9ClF3N3O3S.C10H7F3N2S.C9H9BrO.C9H10O/c25-14-4-6-19(32(36)37)16(9-14)21(34)31(22(35)17-10-15(26)5-7-20(17)33(38)39)23-30-18(11-40-23)12-2-1-3-13(8-12)24(27,28)29;18-11-4-5-14(24(26)27)12(7-11)15(25)23-16-22-13(8-28-16)9-2-1-3-10(6-9)17(19,20)21;11-10(12,13)7-3-1-2-6(4-7)8-5-16-9(14)15-8;1-7-3-2-4-8(5-7)9(11)6-10;1-7-4-3-5-9(6-7)8(2)10/h1-11H;1-8H,(H,22,23,25);1-5H,(H2,14,15);2-5H,6H2,1H3;3-6H,1-2H3. The lowest BCUT2D eigenvalue weighted by atomic mass is 10.1. The number of benzene rings is 8. The van der Waals surface area contributed by atoms with Crippen LogP contribution in [0.4, 0.5) is 72.0 Å². The van der Waals surface area contributed by atoms with Gasteiger partial charge in [-0.1, -0.05) is 135 Å². The van der Waals surface area contributed by atoms with Crippen LogP contribution in [0.3, 0.4) is 0 Å². The van der Waals surface area contributed by atoms with Crippen LogP contribution in [0.2, 0.25) is 15.1 Å². The summed E-state index contributed by atoms with van der Waals surface area (Å²) in [5.74, 6) is -3.19. The van der Waals surface area contributed by atoms with Crippen molar-refractivity contribution in [2.75, 3.05) is 21.3 Å². The number of aryl methyl sites for hydroxylation is 2. The smallest absolute Gasteiger partial charge is 0.375 e. The van der Waals surface area contributed by atoms with Gasteiger partial charge in [-0.25, -0.2) is 19.9 Å². The van der Waals surface area contributed by atoms with Gasteiger partial charge in [-0.15, -0.1) is 34.0 Å². The van der Waals surface area contributed by atoms with E-state index in [-0.39, 0.29) is 59.8 Å². The summed E-state index contributed by atoms with van der Waals surface area (Å²) in [6, 6.07) is 38.4. The van der Waals surface area contributed by atoms with Crippen molar-refractivity contribution in [1.82, 2.24) is 15.0 Å². The van der Waals surface area contributed by atoms with Crippen LogP contribution in [-0.4, -0.2) is 64.3 Å². The highest BCUT2D eigenvalue weighted by atomic mass is 79.9. The third-order valence-corrected chi connectivity index (χ3v) is 17.3. The van der Waals surface area contributed by atoms with Crippen LogP contribution < -0.4 is 16.0 Å². The Labute approximate surface area is 623 Å². The summed E-state index contributed by atoms with van der Waals surface area (Å²) in [4.78, 5) is 106. The Bertz CT molecular complexity index is 5020. The first-order valence-electron chi connectivity index (χ1n) is 29.2. The zero-order valence-electron chi connectivity index (χ0n) is 53.5. The predicted octanol–water partition coefficient (Wildman–Crippen LogP) is 21.3. The van der Waals surface area contributed by atoms with E-state index in [4.69, 9.17) is 40.5 Å². The SMILES string of the molecule is CC(=O)c1cccc(C)c1.Cc1cccc(C(=O)CBr)c1.Nc1nc(-c2cccc(C(F)(F)F)c2)cs1.O=C(Nc1nc(-c2cccc(C(F)(F)F)c2)cs1)c1cc(Cl)ccc1[N+](=O)[O-].O=C(c1cc(Cl)ccc1[N+](=O)[O-])N(C(=O)c1cc(Cl)ccc1[N+](=O)[O-])c1nc(-c2cccc(C(F)(F)F)c2)cs1. The van der Waals surface area contributed by atoms with Crippen molar-refractivity contribution in [3.63, 3.8) is 0 Å². The topological polar surface area (TPSA) is 295 Å². The number of nitrogens with one attached hydrogen (secondary N) is 1. The minimum absolute atomic E-state index is 0.0142. The number of nitrogens with two attached hydrogens (primary N) is 1. The second-order valence-electron chi connectivity index (χ2n) is 21.4. The lowest BCUT2D eigenvalue weighted by molar-refractivity contribution is -0.385. The van der Waals surface area contributed by atoms with Crippen molar-refractivity contribution >= 4 is 146 Å². The number of amides is 3. The number of nitro groups is 3. The number of anilines is 3. The van der Waals surface area contributed by atoms with Crippen molar-refractivity contribution in [3.05, 3.63) is 293 Å². The van der Waals surface area contributed by atoms with Gasteiger partial charge >= 0.3 is 18.5 Å². The average Bonchev–Trinajstić information content (AvgIpc) is 1.74. The molecule has 0 saturated carbocycles. The molecule has 3 heterocycles. The molecule has 3 amide bonds. The number of aromatic nitrogens is 3. The predicted molar refractivity (Wildman–Crippen MR) is 386 cm³/mol. The normalized spacial score (nSPS) is 11.0. The first-order valence-corrected chi connectivity index (χ1v) is 34.1. The fourth-order valence-corrected chi connectivity index (χ4v) is 11.9. The van der Waals surface area contributed by atoms with E-state index < -0.39 is 101 Å². The van der Waals surface area contributed by atoms with Gasteiger partial charge in [0.1, 0.15) is 16.7 Å². The number of nitrogens with zero attached hydrogens (tertiary/aromatic N) is 7. The molecule has 105 heavy (non-hydrogen) atoms. The van der Waals surface area contributed by atoms with Crippen molar-refractivity contribution in [2.45, 2.75) is 39.3 Å². The number of hydrogen-bond acceptors (Lipinski definition) is 18. The van der Waals surface area contributed by atoms with Crippen LogP contribution in [-0.2, 0) is 18.5 Å². The maximum absolute atomic E-state index is 13.7. The summed E-state index contributed by atoms with van der Waals surface area (Å²) >= 11 is 23.6. The van der Waals surface area contributed by atoms with Crippen molar-refractivity contribution in [1.29, 1.82) is 0 Å². The van der Waals surface area contributed by atoms with E-state index in [1.165, 1.54) is 52.4 Å². The molecular weight excluding hydrogens is 1580 g/mol. The minimum Gasteiger partial charge on any atom is -0.375 e. The lowest BCUT2D eigenvalue weighted by Gasteiger charge is -2.18. The van der Waals surface area contributed by atoms with Crippen LogP contribution in [0.1, 0.15) is 86.5 Å². The lowest BCUT2D eigenvalue weighted by Crippen LogP contribution is -2.37. The van der Waals surface area contributed by atoms with Gasteiger partial charge in [-0.05, 0) is 106 Å². The van der Waals surface area contributed by atoms with Crippen molar-refractivity contribution in [3.8, 4) is 33.8 Å². The van der Waals surface area contributed by atoms with Crippen molar-refractivity contribution in [2.24, 2.45) is 0 Å². The minimum atomic E-state index is -4.66. The highest BCUT2D eigenvalue weighted by molar-refractivity contribution is 9.09. The number of hydrogen-bond donors (Lipinski definition) is 2. The second-order valence-corrected chi connectivity index (χ2v) is 25.8. The molecular formula is C69H46BrCl3F9N9O11S3. The molecule has 0 bridgehead atoms. The number of carbonyl (C=O) groups excluding carboxylic acids is 5. The van der Waals surface area contributed by atoms with E-state index in [9.17, 15) is 93.8 Å². The molecule has 0 atom stereocenters. The van der Waals surface area contributed by atoms with E-state index in [2.05, 4.69) is 36.2 Å². The molecule has 36 heteroatoms. The number of rotatable bonds is 14. The van der Waals surface area contributed by atoms with Crippen LogP contribution in [0.25, 0.3) is 33.8 Å². The van der Waals surface area contributed by atoms with E-state index in [1.807, 2.05) is 62.4 Å². The van der Waals surface area contributed by atoms with E-state index in [0.29, 0.717) is 38.0 Å². The van der Waals surface area contributed by atoms with E-state index >= 15 is 0 Å². The van der Waals surface area contributed by atoms with Gasteiger partial charge in [0, 0.05) is 77.2 Å². The molecule has 0 saturated heterocycles. The number of Topliss-reactive ketones (excluding diaryl/α,β-unsaturated/α-hetero) is 2. The quantitative estimate of drug-likeness (QED) is 0.0255. The van der Waals surface area contributed by atoms with Gasteiger partial charge in [-0.2, -0.15) is 39.5 Å². The third kappa shape index (κ3) is 22.7. The Balaban J connectivity index is 0.000000203. The molecule has 0 aliphatic carbocycles. The highest BCUT2D eigenvalue weighted by Gasteiger charge is 2.38. The molecule has 3 N–H and O–H groups in total. The first-order chi connectivity index (χ1) is 49.3. The van der Waals surface area contributed by atoms with Gasteiger partial charge in [0.2, 0.25) is 0 Å². The van der Waals surface area contributed by atoms with Gasteiger partial charge < -0.3 is 5.73 Å². The summed E-state index contributed by atoms with van der Waals surface area (Å²) in [7, 11) is 0. The number of imide groups is 1. The molecule has 0 aliphatic heterocycles. The van der Waals surface area contributed by atoms with Crippen LogP contribution in [0, 0.1) is 44.2 Å². The van der Waals surface area contributed by atoms with Crippen LogP contribution in [0.5, 0.6) is 0 Å². The fraction of sp³-hybridized carbons (Fsp3) is 0.101. The number of thiazole rings is 3. The Morgan fingerprint density at radius 2 is 0.867 bits per heavy atom. The summed E-state index contributed by atoms with van der Waals surface area (Å²) in [5, 5.41) is 41.4. The van der Waals surface area contributed by atoms with Crippen LogP contribution in [0.15, 0.2) is 192 Å². The Morgan fingerprint density at radius 3 is 1.25 bits per heavy atom. The summed E-state index contributed by atoms with van der Waals surface area (Å²) in [6.45, 7) is 5.53. The Hall–Kier alpha value is -10.7. The largest absolute Gasteiger partial charge is 0.416 e. The number of nitro benzene ring substituents is 3. The highest BCUT2D eigenvalue weighted by Crippen LogP contribution is 2.39. The van der Waals surface area contributed by atoms with Crippen LogP contribution >= 0.6 is 84.7 Å². The molecule has 11 aromatic rings. The zero-order chi connectivity index (χ0) is 77.4. The second kappa shape index (κ2) is 35.7. The van der Waals surface area contributed by atoms with E-state index in [1.54, 1.807) is 18.4 Å².